The van der Waals surface area contributed by atoms with Crippen LogP contribution in [0, 0.1) is 0 Å². The lowest BCUT2D eigenvalue weighted by Crippen LogP contribution is -1.80. The molecule has 0 aromatic carbocycles. The molecule has 0 fully saturated rings. The van der Waals surface area contributed by atoms with E-state index < -0.39 is 8.87 Å². The second kappa shape index (κ2) is 2.04. The van der Waals surface area contributed by atoms with E-state index in [-0.39, 0.29) is 0 Å². The summed E-state index contributed by atoms with van der Waals surface area (Å²) in [7, 11) is 2.15. The van der Waals surface area contributed by atoms with Crippen molar-refractivity contribution in [1.29, 1.82) is 0 Å². The zero-order chi connectivity index (χ0) is 5.21. The summed E-state index contributed by atoms with van der Waals surface area (Å²) in [5.41, 5.74) is 0. The van der Waals surface area contributed by atoms with Gasteiger partial charge in [0.05, 0.1) is 10.0 Å². The van der Waals surface area contributed by atoms with E-state index >= 15 is 0 Å². The molecule has 0 radical (unpaired) electrons. The van der Waals surface area contributed by atoms with E-state index in [0.29, 0.717) is 10.0 Å². The van der Waals surface area contributed by atoms with E-state index in [1.807, 2.05) is 0 Å². The van der Waals surface area contributed by atoms with Crippen molar-refractivity contribution < 1.29 is 8.42 Å². The molecule has 0 N–H and O–H groups in total. The maximum absolute atomic E-state index is 9.83. The van der Waals surface area contributed by atoms with Crippen LogP contribution in [0.3, 0.4) is 0 Å². The molecule has 2 nitrogen and oxygen atoms in total. The minimum atomic E-state index is -2.98. The Balaban J connectivity index is 3.85. The quantitative estimate of drug-likeness (QED) is 0.514. The van der Waals surface area contributed by atoms with E-state index in [4.69, 9.17) is 10.7 Å². The number of rotatable bonds is 1. The van der Waals surface area contributed by atoms with Gasteiger partial charge in [-0.15, -0.1) is 0 Å². The third-order valence-corrected chi connectivity index (χ3v) is 3.09. The molecule has 0 aliphatic rings. The first kappa shape index (κ1) is 6.59. The Morgan fingerprint density at radius 2 is 1.83 bits per heavy atom. The van der Waals surface area contributed by atoms with Crippen LogP contribution in [0.1, 0.15) is 0 Å². The summed E-state index contributed by atoms with van der Waals surface area (Å²) in [6, 6.07) is 0. The van der Waals surface area contributed by atoms with Crippen molar-refractivity contribution in [2.75, 3.05) is 6.26 Å². The van der Waals surface area contributed by atoms with Crippen molar-refractivity contribution in [3.8, 4) is 0 Å². The highest BCUT2D eigenvalue weighted by atomic mass is 35.7. The predicted molar refractivity (Wildman–Crippen MR) is 28.3 cm³/mol. The second-order valence-electron chi connectivity index (χ2n) is 0.767. The van der Waals surface area contributed by atoms with Gasteiger partial charge in [0.1, 0.15) is 0 Å². The zero-order valence-corrected chi connectivity index (χ0v) is 5.40. The van der Waals surface area contributed by atoms with Crippen molar-refractivity contribution in [1.82, 2.24) is 0 Å². The standard InChI is InChI=1S/CH3ClO2S2/c1-6(3,4)5-2/h1H3. The van der Waals surface area contributed by atoms with Crippen molar-refractivity contribution in [3.05, 3.63) is 0 Å². The molecule has 0 atom stereocenters. The largest absolute Gasteiger partial charge is 0.217 e. The molecule has 5 heteroatoms. The summed E-state index contributed by atoms with van der Waals surface area (Å²) in [4.78, 5) is 0. The summed E-state index contributed by atoms with van der Waals surface area (Å²) in [6.07, 6.45) is 1.05. The van der Waals surface area contributed by atoms with E-state index in [9.17, 15) is 8.42 Å². The number of hydrogen-bond acceptors (Lipinski definition) is 3. The molecule has 0 saturated carbocycles. The molecule has 0 aromatic heterocycles. The van der Waals surface area contributed by atoms with Crippen LogP contribution >= 0.6 is 20.7 Å². The normalized spacial score (nSPS) is 11.7. The van der Waals surface area contributed by atoms with Crippen LogP contribution in [0.25, 0.3) is 0 Å². The fourth-order valence-corrected chi connectivity index (χ4v) is 0. The summed E-state index contributed by atoms with van der Waals surface area (Å²) in [6.45, 7) is 0. The Kier molecular flexibility index (Phi) is 2.25. The first-order valence-corrected chi connectivity index (χ1v) is 5.11. The summed E-state index contributed by atoms with van der Waals surface area (Å²) in [5, 5.41) is 0. The Hall–Kier alpha value is 0.590. The Morgan fingerprint density at radius 3 is 1.83 bits per heavy atom. The van der Waals surface area contributed by atoms with Gasteiger partial charge in [-0.1, -0.05) is 0 Å². The van der Waals surface area contributed by atoms with Gasteiger partial charge in [-0.25, -0.2) is 8.42 Å². The van der Waals surface area contributed by atoms with E-state index in [1.54, 1.807) is 0 Å². The van der Waals surface area contributed by atoms with Gasteiger partial charge in [0.15, 0.2) is 0 Å². The van der Waals surface area contributed by atoms with Crippen molar-refractivity contribution in [3.63, 3.8) is 0 Å². The summed E-state index contributed by atoms with van der Waals surface area (Å²) < 4.78 is 19.7. The van der Waals surface area contributed by atoms with Gasteiger partial charge in [0.2, 0.25) is 8.87 Å². The molecule has 0 saturated heterocycles. The zero-order valence-electron chi connectivity index (χ0n) is 3.01. The molecule has 0 spiro atoms. The first-order chi connectivity index (χ1) is 2.56. The lowest BCUT2D eigenvalue weighted by Gasteiger charge is -1.77. The highest BCUT2D eigenvalue weighted by Crippen LogP contribution is 2.12. The van der Waals surface area contributed by atoms with Gasteiger partial charge < -0.3 is 0 Å². The van der Waals surface area contributed by atoms with Crippen LogP contribution in [0.2, 0.25) is 0 Å². The molecule has 38 valence electrons. The van der Waals surface area contributed by atoms with Gasteiger partial charge in [-0.05, 0) is 10.7 Å². The number of halogens is 1. The van der Waals surface area contributed by atoms with Crippen LogP contribution in [-0.4, -0.2) is 14.7 Å². The van der Waals surface area contributed by atoms with E-state index in [1.165, 1.54) is 0 Å². The third-order valence-electron chi connectivity index (χ3n) is 0.114. The molecule has 0 aromatic rings. The molecule has 0 rings (SSSR count). The van der Waals surface area contributed by atoms with Gasteiger partial charge in [-0.2, -0.15) is 0 Å². The highest BCUT2D eigenvalue weighted by molar-refractivity contribution is 8.80. The molecule has 0 amide bonds. The smallest absolute Gasteiger partial charge is 0.213 e. The molecular formula is CH3ClO2S2. The Morgan fingerprint density at radius 1 is 1.67 bits per heavy atom. The average molecular weight is 147 g/mol. The minimum absolute atomic E-state index is 0.326. The van der Waals surface area contributed by atoms with Crippen molar-refractivity contribution >= 4 is 29.6 Å². The summed E-state index contributed by atoms with van der Waals surface area (Å²) >= 11 is 0. The van der Waals surface area contributed by atoms with Gasteiger partial charge in [0.25, 0.3) is 0 Å². The van der Waals surface area contributed by atoms with Gasteiger partial charge in [0, 0.05) is 6.26 Å². The summed E-state index contributed by atoms with van der Waals surface area (Å²) in [5.74, 6) is 0. The lowest BCUT2D eigenvalue weighted by molar-refractivity contribution is 0.616. The fraction of sp³-hybridized carbons (Fsp3) is 1.00. The Labute approximate surface area is 44.7 Å². The van der Waals surface area contributed by atoms with Crippen LogP contribution < -0.4 is 0 Å². The van der Waals surface area contributed by atoms with Crippen molar-refractivity contribution in [2.45, 2.75) is 0 Å². The highest BCUT2D eigenvalue weighted by Gasteiger charge is 1.94. The fourth-order valence-electron chi connectivity index (χ4n) is 0. The van der Waals surface area contributed by atoms with Gasteiger partial charge in [-0.3, -0.25) is 0 Å². The molecule has 0 aliphatic carbocycles. The predicted octanol–water partition coefficient (Wildman–Crippen LogP) is 0.833. The first-order valence-electron chi connectivity index (χ1n) is 1.06. The van der Waals surface area contributed by atoms with Crippen LogP contribution in [-0.2, 0) is 8.87 Å². The average Bonchev–Trinajstić information content (AvgIpc) is 1.35. The molecule has 0 bridgehead atoms. The van der Waals surface area contributed by atoms with Gasteiger partial charge >= 0.3 is 0 Å². The minimum Gasteiger partial charge on any atom is -0.217 e. The third kappa shape index (κ3) is 4.59. The molecule has 0 unspecified atom stereocenters. The maximum Gasteiger partial charge on any atom is 0.213 e. The monoisotopic (exact) mass is 146 g/mol. The molecule has 6 heavy (non-hydrogen) atoms. The topological polar surface area (TPSA) is 34.1 Å². The van der Waals surface area contributed by atoms with Crippen LogP contribution in [0.4, 0.5) is 0 Å². The van der Waals surface area contributed by atoms with E-state index in [0.717, 1.165) is 6.26 Å². The Bertz CT molecular complexity index is 114. The SMILES string of the molecule is CS(=O)(=O)SCl. The molecule has 0 aliphatic heterocycles. The van der Waals surface area contributed by atoms with Crippen LogP contribution in [0.15, 0.2) is 0 Å². The second-order valence-corrected chi connectivity index (χ2v) is 5.63. The van der Waals surface area contributed by atoms with Crippen LogP contribution in [0.5, 0.6) is 0 Å². The molecule has 0 heterocycles. The van der Waals surface area contributed by atoms with E-state index in [2.05, 4.69) is 0 Å². The number of hydrogen-bond donors (Lipinski definition) is 0. The maximum atomic E-state index is 9.83. The lowest BCUT2D eigenvalue weighted by atomic mass is 12.0. The molecular weight excluding hydrogens is 144 g/mol. The van der Waals surface area contributed by atoms with Crippen molar-refractivity contribution in [2.24, 2.45) is 0 Å².